The molecule has 10 heavy (non-hydrogen) atoms. The van der Waals surface area contributed by atoms with E-state index in [9.17, 15) is 4.39 Å². The van der Waals surface area contributed by atoms with Gasteiger partial charge in [0.1, 0.15) is 6.17 Å². The third-order valence-corrected chi connectivity index (χ3v) is 2.71. The van der Waals surface area contributed by atoms with Crippen molar-refractivity contribution in [3.8, 4) is 0 Å². The Morgan fingerprint density at radius 3 is 2.10 bits per heavy atom. The van der Waals surface area contributed by atoms with E-state index in [1.54, 1.807) is 6.92 Å². The fourth-order valence-corrected chi connectivity index (χ4v) is 1.75. The summed E-state index contributed by atoms with van der Waals surface area (Å²) in [7, 11) is 0. The van der Waals surface area contributed by atoms with E-state index in [0.29, 0.717) is 5.92 Å². The Morgan fingerprint density at radius 2 is 1.70 bits per heavy atom. The molecule has 0 spiro atoms. The van der Waals surface area contributed by atoms with Crippen molar-refractivity contribution in [1.29, 1.82) is 0 Å². The minimum absolute atomic E-state index is 0.371. The predicted molar refractivity (Wildman–Crippen MR) is 41.7 cm³/mol. The van der Waals surface area contributed by atoms with Crippen LogP contribution in [0.25, 0.3) is 0 Å². The van der Waals surface area contributed by atoms with Gasteiger partial charge in [-0.1, -0.05) is 19.8 Å². The zero-order valence-corrected chi connectivity index (χ0v) is 6.94. The van der Waals surface area contributed by atoms with Gasteiger partial charge in [0.15, 0.2) is 0 Å². The second kappa shape index (κ2) is 3.36. The summed E-state index contributed by atoms with van der Waals surface area (Å²) >= 11 is 0. The Bertz CT molecular complexity index is 90.9. The molecule has 0 saturated heterocycles. The Balaban J connectivity index is 2.26. The van der Waals surface area contributed by atoms with Gasteiger partial charge >= 0.3 is 0 Å². The maximum Gasteiger partial charge on any atom is 0.100 e. The monoisotopic (exact) mass is 144 g/mol. The van der Waals surface area contributed by atoms with E-state index < -0.39 is 6.17 Å². The zero-order valence-electron chi connectivity index (χ0n) is 6.94. The first kappa shape index (κ1) is 8.03. The number of hydrogen-bond acceptors (Lipinski definition) is 0. The lowest BCUT2D eigenvalue weighted by Crippen LogP contribution is -2.19. The molecular weight excluding hydrogens is 127 g/mol. The summed E-state index contributed by atoms with van der Waals surface area (Å²) in [5.74, 6) is 1.21. The van der Waals surface area contributed by atoms with Crippen LogP contribution >= 0.6 is 0 Å². The molecule has 1 unspecified atom stereocenters. The van der Waals surface area contributed by atoms with E-state index in [-0.39, 0.29) is 0 Å². The van der Waals surface area contributed by atoms with Gasteiger partial charge in [-0.3, -0.25) is 0 Å². The topological polar surface area (TPSA) is 0 Å². The van der Waals surface area contributed by atoms with Crippen LogP contribution in [-0.2, 0) is 0 Å². The van der Waals surface area contributed by atoms with Crippen LogP contribution < -0.4 is 0 Å². The molecule has 1 fully saturated rings. The number of rotatable bonds is 1. The van der Waals surface area contributed by atoms with Gasteiger partial charge in [-0.15, -0.1) is 0 Å². The third-order valence-electron chi connectivity index (χ3n) is 2.71. The van der Waals surface area contributed by atoms with Crippen molar-refractivity contribution in [2.45, 2.75) is 45.7 Å². The van der Waals surface area contributed by atoms with Crippen molar-refractivity contribution in [3.05, 3.63) is 0 Å². The van der Waals surface area contributed by atoms with Gasteiger partial charge in [0.05, 0.1) is 0 Å². The van der Waals surface area contributed by atoms with Crippen molar-refractivity contribution in [2.75, 3.05) is 0 Å². The van der Waals surface area contributed by atoms with Crippen molar-refractivity contribution >= 4 is 0 Å². The largest absolute Gasteiger partial charge is 0.247 e. The molecule has 60 valence electrons. The van der Waals surface area contributed by atoms with Crippen LogP contribution in [-0.4, -0.2) is 6.17 Å². The molecule has 1 saturated carbocycles. The highest BCUT2D eigenvalue weighted by molar-refractivity contribution is 4.73. The number of hydrogen-bond donors (Lipinski definition) is 0. The quantitative estimate of drug-likeness (QED) is 0.530. The molecule has 0 aliphatic heterocycles. The maximum atomic E-state index is 12.7. The lowest BCUT2D eigenvalue weighted by molar-refractivity contribution is 0.175. The molecule has 0 aromatic carbocycles. The van der Waals surface area contributed by atoms with Gasteiger partial charge in [0, 0.05) is 0 Å². The Labute approximate surface area is 62.8 Å². The molecule has 0 bridgehead atoms. The fourth-order valence-electron chi connectivity index (χ4n) is 1.75. The van der Waals surface area contributed by atoms with Crippen molar-refractivity contribution in [3.63, 3.8) is 0 Å². The molecule has 1 atom stereocenters. The van der Waals surface area contributed by atoms with Crippen LogP contribution in [0.5, 0.6) is 0 Å². The first-order valence-electron chi connectivity index (χ1n) is 4.34. The summed E-state index contributed by atoms with van der Waals surface area (Å²) in [5.41, 5.74) is 0. The molecule has 1 aliphatic carbocycles. The Morgan fingerprint density at radius 1 is 1.20 bits per heavy atom. The molecule has 1 heteroatoms. The van der Waals surface area contributed by atoms with Crippen LogP contribution in [0.15, 0.2) is 0 Å². The average molecular weight is 144 g/mol. The van der Waals surface area contributed by atoms with Gasteiger partial charge in [-0.05, 0) is 31.6 Å². The summed E-state index contributed by atoms with van der Waals surface area (Å²) in [6, 6.07) is 0. The van der Waals surface area contributed by atoms with Crippen LogP contribution in [0.2, 0.25) is 0 Å². The molecule has 0 radical (unpaired) electrons. The average Bonchev–Trinajstić information content (AvgIpc) is 1.88. The van der Waals surface area contributed by atoms with Crippen molar-refractivity contribution < 1.29 is 4.39 Å². The SMILES string of the molecule is CC1CCC(C(C)F)CC1. The molecule has 0 heterocycles. The Kier molecular flexibility index (Phi) is 2.70. The van der Waals surface area contributed by atoms with E-state index in [1.165, 1.54) is 12.8 Å². The van der Waals surface area contributed by atoms with Gasteiger partial charge in [-0.2, -0.15) is 0 Å². The van der Waals surface area contributed by atoms with Crippen LogP contribution in [0.3, 0.4) is 0 Å². The highest BCUT2D eigenvalue weighted by atomic mass is 19.1. The number of halogens is 1. The van der Waals surface area contributed by atoms with Gasteiger partial charge < -0.3 is 0 Å². The second-order valence-electron chi connectivity index (χ2n) is 3.70. The summed E-state index contributed by atoms with van der Waals surface area (Å²) in [4.78, 5) is 0. The molecule has 0 N–H and O–H groups in total. The number of alkyl halides is 1. The predicted octanol–water partition coefficient (Wildman–Crippen LogP) is 3.17. The molecule has 1 rings (SSSR count). The third kappa shape index (κ3) is 1.96. The van der Waals surface area contributed by atoms with Crippen LogP contribution in [0.1, 0.15) is 39.5 Å². The Hall–Kier alpha value is -0.0700. The fraction of sp³-hybridized carbons (Fsp3) is 1.00. The first-order valence-corrected chi connectivity index (χ1v) is 4.34. The summed E-state index contributed by atoms with van der Waals surface area (Å²) in [6.07, 6.45) is 4.11. The normalized spacial score (nSPS) is 37.5. The summed E-state index contributed by atoms with van der Waals surface area (Å²) < 4.78 is 12.7. The highest BCUT2D eigenvalue weighted by Gasteiger charge is 2.22. The molecule has 0 nitrogen and oxygen atoms in total. The maximum absolute atomic E-state index is 12.7. The van der Waals surface area contributed by atoms with Gasteiger partial charge in [0.25, 0.3) is 0 Å². The molecular formula is C9H17F. The summed E-state index contributed by atoms with van der Waals surface area (Å²) in [5, 5.41) is 0. The van der Waals surface area contributed by atoms with Crippen LogP contribution in [0.4, 0.5) is 4.39 Å². The van der Waals surface area contributed by atoms with Gasteiger partial charge in [-0.25, -0.2) is 4.39 Å². The highest BCUT2D eigenvalue weighted by Crippen LogP contribution is 2.31. The van der Waals surface area contributed by atoms with Crippen molar-refractivity contribution in [1.82, 2.24) is 0 Å². The van der Waals surface area contributed by atoms with Crippen molar-refractivity contribution in [2.24, 2.45) is 11.8 Å². The second-order valence-corrected chi connectivity index (χ2v) is 3.70. The smallest absolute Gasteiger partial charge is 0.100 e. The lowest BCUT2D eigenvalue weighted by atomic mass is 9.81. The molecule has 1 aliphatic rings. The van der Waals surface area contributed by atoms with E-state index in [0.717, 1.165) is 18.8 Å². The van der Waals surface area contributed by atoms with Gasteiger partial charge in [0.2, 0.25) is 0 Å². The van der Waals surface area contributed by atoms with E-state index in [1.807, 2.05) is 0 Å². The van der Waals surface area contributed by atoms with E-state index in [2.05, 4.69) is 6.92 Å². The molecule has 0 aromatic rings. The zero-order chi connectivity index (χ0) is 7.56. The van der Waals surface area contributed by atoms with E-state index >= 15 is 0 Å². The lowest BCUT2D eigenvalue weighted by Gasteiger charge is -2.26. The minimum Gasteiger partial charge on any atom is -0.247 e. The summed E-state index contributed by atoms with van der Waals surface area (Å²) in [6.45, 7) is 3.96. The van der Waals surface area contributed by atoms with Crippen LogP contribution in [0, 0.1) is 11.8 Å². The molecule has 0 amide bonds. The van der Waals surface area contributed by atoms with E-state index in [4.69, 9.17) is 0 Å². The minimum atomic E-state index is -0.576. The standard InChI is InChI=1S/C9H17F/c1-7-3-5-9(6-4-7)8(2)10/h7-9H,3-6H2,1-2H3. The first-order chi connectivity index (χ1) is 4.70. The molecule has 0 aromatic heterocycles.